The number of aromatic nitrogens is 1. The molecular formula is C20H16F2N2O4S. The Bertz CT molecular complexity index is 1180. The van der Waals surface area contributed by atoms with E-state index in [1.54, 1.807) is 4.90 Å². The molecule has 1 amide bonds. The zero-order chi connectivity index (χ0) is 20.8. The van der Waals surface area contributed by atoms with Crippen molar-refractivity contribution in [2.24, 2.45) is 0 Å². The molecule has 0 N–H and O–H groups in total. The van der Waals surface area contributed by atoms with Crippen LogP contribution in [0.15, 0.2) is 51.8 Å². The Balaban J connectivity index is 1.55. The number of rotatable bonds is 3. The number of carbonyl (C=O) groups is 1. The molecule has 2 aromatic carbocycles. The van der Waals surface area contributed by atoms with Gasteiger partial charge in [0.25, 0.3) is 5.91 Å². The predicted molar refractivity (Wildman–Crippen MR) is 99.9 cm³/mol. The number of amides is 1. The third kappa shape index (κ3) is 3.91. The topological polar surface area (TPSA) is 80.5 Å². The third-order valence-corrected chi connectivity index (χ3v) is 5.78. The molecule has 0 aliphatic carbocycles. The number of carbonyl (C=O) groups excluding carboxylic acids is 1. The number of hydrogen-bond donors (Lipinski definition) is 0. The Morgan fingerprint density at radius 1 is 1.10 bits per heavy atom. The van der Waals surface area contributed by atoms with Crippen LogP contribution in [0.5, 0.6) is 0 Å². The van der Waals surface area contributed by atoms with E-state index < -0.39 is 21.5 Å². The maximum atomic E-state index is 13.5. The van der Waals surface area contributed by atoms with E-state index >= 15 is 0 Å². The van der Waals surface area contributed by atoms with Gasteiger partial charge in [0, 0.05) is 36.4 Å². The largest absolute Gasteiger partial charge is 0.441 e. The van der Waals surface area contributed by atoms with Crippen LogP contribution in [0.2, 0.25) is 0 Å². The van der Waals surface area contributed by atoms with E-state index in [1.165, 1.54) is 24.3 Å². The first-order chi connectivity index (χ1) is 13.7. The van der Waals surface area contributed by atoms with E-state index in [-0.39, 0.29) is 28.8 Å². The van der Waals surface area contributed by atoms with Crippen molar-refractivity contribution in [1.29, 1.82) is 0 Å². The molecule has 9 heteroatoms. The molecule has 4 rings (SSSR count). The lowest BCUT2D eigenvalue weighted by molar-refractivity contribution is 0.0728. The molecule has 1 aliphatic heterocycles. The molecule has 0 spiro atoms. The molecule has 1 aliphatic rings. The molecule has 0 saturated carbocycles. The minimum Gasteiger partial charge on any atom is -0.441 e. The maximum Gasteiger partial charge on any atom is 0.254 e. The molecular weight excluding hydrogens is 402 g/mol. The van der Waals surface area contributed by atoms with Crippen molar-refractivity contribution in [3.8, 4) is 11.5 Å². The molecule has 29 heavy (non-hydrogen) atoms. The summed E-state index contributed by atoms with van der Waals surface area (Å²) in [6.45, 7) is 0.565. The number of hydrogen-bond acceptors (Lipinski definition) is 5. The molecule has 0 radical (unpaired) electrons. The molecule has 2 heterocycles. The molecule has 0 unspecified atom stereocenters. The van der Waals surface area contributed by atoms with Crippen LogP contribution < -0.4 is 0 Å². The molecule has 0 saturated heterocycles. The van der Waals surface area contributed by atoms with Crippen molar-refractivity contribution < 1.29 is 26.4 Å². The highest BCUT2D eigenvalue weighted by Crippen LogP contribution is 2.28. The highest BCUT2D eigenvalue weighted by Gasteiger charge is 2.27. The normalized spacial score (nSPS) is 14.0. The summed E-state index contributed by atoms with van der Waals surface area (Å²) in [7, 11) is -3.34. The van der Waals surface area contributed by atoms with Crippen LogP contribution in [0, 0.1) is 11.6 Å². The van der Waals surface area contributed by atoms with E-state index in [2.05, 4.69) is 4.98 Å². The number of benzene rings is 2. The SMILES string of the molecule is CS(=O)(=O)c1ccc(C(=O)N2CCc3oc(-c4cc(F)cc(F)c4)nc3C2)cc1. The van der Waals surface area contributed by atoms with Crippen molar-refractivity contribution in [2.75, 3.05) is 12.8 Å². The Hall–Kier alpha value is -3.07. The first kappa shape index (κ1) is 19.3. The Morgan fingerprint density at radius 2 is 1.76 bits per heavy atom. The zero-order valence-corrected chi connectivity index (χ0v) is 16.2. The fourth-order valence-electron chi connectivity index (χ4n) is 3.20. The molecule has 1 aromatic heterocycles. The Kier molecular flexibility index (Phi) is 4.70. The number of halogens is 2. The van der Waals surface area contributed by atoms with Crippen LogP contribution >= 0.6 is 0 Å². The van der Waals surface area contributed by atoms with Gasteiger partial charge in [0.05, 0.1) is 11.4 Å². The van der Waals surface area contributed by atoms with Gasteiger partial charge in [-0.3, -0.25) is 4.79 Å². The lowest BCUT2D eigenvalue weighted by Gasteiger charge is -2.25. The van der Waals surface area contributed by atoms with Crippen molar-refractivity contribution in [3.05, 3.63) is 71.1 Å². The average Bonchev–Trinajstić information content (AvgIpc) is 3.09. The number of sulfone groups is 1. The second kappa shape index (κ2) is 7.07. The van der Waals surface area contributed by atoms with Gasteiger partial charge in [-0.1, -0.05) is 0 Å². The lowest BCUT2D eigenvalue weighted by Crippen LogP contribution is -2.35. The molecule has 0 fully saturated rings. The van der Waals surface area contributed by atoms with Crippen LogP contribution in [0.1, 0.15) is 21.8 Å². The van der Waals surface area contributed by atoms with E-state index in [9.17, 15) is 22.0 Å². The fourth-order valence-corrected chi connectivity index (χ4v) is 3.83. The van der Waals surface area contributed by atoms with Crippen LogP contribution in [0.25, 0.3) is 11.5 Å². The van der Waals surface area contributed by atoms with Crippen LogP contribution in [0.4, 0.5) is 8.78 Å². The molecule has 0 atom stereocenters. The van der Waals surface area contributed by atoms with E-state index in [0.717, 1.165) is 24.5 Å². The first-order valence-corrected chi connectivity index (χ1v) is 10.6. The van der Waals surface area contributed by atoms with Gasteiger partial charge in [0.2, 0.25) is 5.89 Å². The third-order valence-electron chi connectivity index (χ3n) is 4.65. The summed E-state index contributed by atoms with van der Waals surface area (Å²) < 4.78 is 55.7. The summed E-state index contributed by atoms with van der Waals surface area (Å²) in [4.78, 5) is 18.8. The summed E-state index contributed by atoms with van der Waals surface area (Å²) in [5.74, 6) is -1.06. The van der Waals surface area contributed by atoms with Crippen molar-refractivity contribution in [2.45, 2.75) is 17.9 Å². The van der Waals surface area contributed by atoms with Gasteiger partial charge in [0.15, 0.2) is 9.84 Å². The Morgan fingerprint density at radius 3 is 2.38 bits per heavy atom. The number of nitrogens with zero attached hydrogens (tertiary/aromatic N) is 2. The summed E-state index contributed by atoms with van der Waals surface area (Å²) >= 11 is 0. The monoisotopic (exact) mass is 418 g/mol. The maximum absolute atomic E-state index is 13.5. The zero-order valence-electron chi connectivity index (χ0n) is 15.4. The number of oxazole rings is 1. The molecule has 6 nitrogen and oxygen atoms in total. The van der Waals surface area contributed by atoms with Crippen LogP contribution in [-0.2, 0) is 22.8 Å². The highest BCUT2D eigenvalue weighted by molar-refractivity contribution is 7.90. The van der Waals surface area contributed by atoms with Crippen molar-refractivity contribution in [3.63, 3.8) is 0 Å². The highest BCUT2D eigenvalue weighted by atomic mass is 32.2. The summed E-state index contributed by atoms with van der Waals surface area (Å²) in [6, 6.07) is 8.76. The van der Waals surface area contributed by atoms with E-state index in [1.807, 2.05) is 0 Å². The minimum absolute atomic E-state index is 0.0974. The molecule has 3 aromatic rings. The minimum atomic E-state index is -3.34. The summed E-state index contributed by atoms with van der Waals surface area (Å²) in [6.07, 6.45) is 1.51. The average molecular weight is 418 g/mol. The van der Waals surface area contributed by atoms with Crippen molar-refractivity contribution >= 4 is 15.7 Å². The smallest absolute Gasteiger partial charge is 0.254 e. The van der Waals surface area contributed by atoms with Crippen LogP contribution in [0.3, 0.4) is 0 Å². The second-order valence-electron chi connectivity index (χ2n) is 6.82. The van der Waals surface area contributed by atoms with Gasteiger partial charge >= 0.3 is 0 Å². The Labute approximate surface area is 165 Å². The van der Waals surface area contributed by atoms with Gasteiger partial charge < -0.3 is 9.32 Å². The summed E-state index contributed by atoms with van der Waals surface area (Å²) in [5, 5.41) is 0. The number of fused-ring (bicyclic) bond motifs is 1. The predicted octanol–water partition coefficient (Wildman–Crippen LogP) is 3.22. The molecule has 0 bridgehead atoms. The van der Waals surface area contributed by atoms with Gasteiger partial charge in [-0.2, -0.15) is 0 Å². The van der Waals surface area contributed by atoms with Crippen LogP contribution in [-0.4, -0.2) is 37.0 Å². The van der Waals surface area contributed by atoms with Gasteiger partial charge in [0.1, 0.15) is 23.1 Å². The van der Waals surface area contributed by atoms with E-state index in [4.69, 9.17) is 4.42 Å². The van der Waals surface area contributed by atoms with Gasteiger partial charge in [-0.05, 0) is 36.4 Å². The van der Waals surface area contributed by atoms with E-state index in [0.29, 0.717) is 30.0 Å². The fraction of sp³-hybridized carbons (Fsp3) is 0.200. The molecule has 150 valence electrons. The second-order valence-corrected chi connectivity index (χ2v) is 8.84. The quantitative estimate of drug-likeness (QED) is 0.653. The van der Waals surface area contributed by atoms with Gasteiger partial charge in [-0.15, -0.1) is 0 Å². The first-order valence-electron chi connectivity index (χ1n) is 8.75. The van der Waals surface area contributed by atoms with Crippen molar-refractivity contribution in [1.82, 2.24) is 9.88 Å². The standard InChI is InChI=1S/C20H16F2N2O4S/c1-29(26,27)16-4-2-12(3-5-16)20(25)24-7-6-18-17(11-24)23-19(28-18)13-8-14(21)10-15(22)9-13/h2-5,8-10H,6-7,11H2,1H3. The lowest BCUT2D eigenvalue weighted by atomic mass is 10.1. The van der Waals surface area contributed by atoms with Gasteiger partial charge in [-0.25, -0.2) is 22.2 Å². The summed E-state index contributed by atoms with van der Waals surface area (Å²) in [5.41, 5.74) is 1.07.